The SMILES string of the molecule is CCN1C(=O)C(CC(=O)O)=C(C(=O)c2ccc(Br)cc2)C1SC. The maximum Gasteiger partial charge on any atom is 0.308 e. The minimum atomic E-state index is -1.12. The molecule has 0 bridgehead atoms. The number of ketones is 1. The third kappa shape index (κ3) is 3.50. The lowest BCUT2D eigenvalue weighted by molar-refractivity contribution is -0.137. The molecular formula is C16H16BrNO4S. The van der Waals surface area contributed by atoms with Crippen molar-refractivity contribution in [2.75, 3.05) is 12.8 Å². The normalized spacial score (nSPS) is 17.8. The summed E-state index contributed by atoms with van der Waals surface area (Å²) >= 11 is 4.67. The van der Waals surface area contributed by atoms with Crippen LogP contribution in [0.2, 0.25) is 0 Å². The third-order valence-electron chi connectivity index (χ3n) is 3.62. The van der Waals surface area contributed by atoms with Gasteiger partial charge in [0.15, 0.2) is 5.78 Å². The smallest absolute Gasteiger partial charge is 0.308 e. The number of carbonyl (C=O) groups is 3. The van der Waals surface area contributed by atoms with E-state index in [1.165, 1.54) is 16.7 Å². The highest BCUT2D eigenvalue weighted by atomic mass is 79.9. The highest BCUT2D eigenvalue weighted by Crippen LogP contribution is 2.35. The highest BCUT2D eigenvalue weighted by Gasteiger charge is 2.41. The van der Waals surface area contributed by atoms with E-state index in [2.05, 4.69) is 15.9 Å². The number of amides is 1. The Kier molecular flexibility index (Phi) is 5.64. The number of carbonyl (C=O) groups excluding carboxylic acids is 2. The van der Waals surface area contributed by atoms with Crippen LogP contribution in [0.4, 0.5) is 0 Å². The van der Waals surface area contributed by atoms with E-state index in [4.69, 9.17) is 5.11 Å². The number of aliphatic carboxylic acids is 1. The quantitative estimate of drug-likeness (QED) is 0.746. The van der Waals surface area contributed by atoms with Gasteiger partial charge in [-0.15, -0.1) is 11.8 Å². The number of thioether (sulfide) groups is 1. The second-order valence-electron chi connectivity index (χ2n) is 4.98. The number of nitrogens with zero attached hydrogens (tertiary/aromatic N) is 1. The van der Waals surface area contributed by atoms with Gasteiger partial charge in [0.25, 0.3) is 5.91 Å². The van der Waals surface area contributed by atoms with Gasteiger partial charge in [0, 0.05) is 27.7 Å². The number of hydrogen-bond donors (Lipinski definition) is 1. The number of benzene rings is 1. The van der Waals surface area contributed by atoms with Crippen molar-refractivity contribution in [2.24, 2.45) is 0 Å². The summed E-state index contributed by atoms with van der Waals surface area (Å²) < 4.78 is 0.841. The Balaban J connectivity index is 2.52. The number of hydrogen-bond acceptors (Lipinski definition) is 4. The number of carboxylic acid groups (broad SMARTS) is 1. The Labute approximate surface area is 146 Å². The van der Waals surface area contributed by atoms with E-state index in [1.54, 1.807) is 30.5 Å². The second-order valence-corrected chi connectivity index (χ2v) is 6.81. The van der Waals surface area contributed by atoms with Crippen molar-refractivity contribution in [3.8, 4) is 0 Å². The molecule has 0 spiro atoms. The van der Waals surface area contributed by atoms with Crippen LogP contribution in [-0.2, 0) is 9.59 Å². The molecule has 0 aliphatic carbocycles. The summed E-state index contributed by atoms with van der Waals surface area (Å²) in [5.41, 5.74) is 0.816. The molecule has 0 saturated heterocycles. The number of halogens is 1. The average molecular weight is 398 g/mol. The first kappa shape index (κ1) is 17.7. The molecule has 0 radical (unpaired) electrons. The molecule has 2 rings (SSSR count). The fourth-order valence-corrected chi connectivity index (χ4v) is 3.83. The van der Waals surface area contributed by atoms with E-state index in [-0.39, 0.29) is 22.8 Å². The summed E-state index contributed by atoms with van der Waals surface area (Å²) in [6.07, 6.45) is 1.36. The van der Waals surface area contributed by atoms with E-state index in [0.717, 1.165) is 4.47 Å². The zero-order valence-electron chi connectivity index (χ0n) is 12.7. The van der Waals surface area contributed by atoms with E-state index in [9.17, 15) is 14.4 Å². The molecule has 0 fully saturated rings. The van der Waals surface area contributed by atoms with Crippen LogP contribution in [0.25, 0.3) is 0 Å². The Bertz CT molecular complexity index is 684. The Morgan fingerprint density at radius 1 is 1.30 bits per heavy atom. The van der Waals surface area contributed by atoms with Crippen molar-refractivity contribution >= 4 is 45.4 Å². The van der Waals surface area contributed by atoms with Crippen molar-refractivity contribution in [2.45, 2.75) is 18.7 Å². The summed E-state index contributed by atoms with van der Waals surface area (Å²) in [5.74, 6) is -1.78. The van der Waals surface area contributed by atoms with Crippen LogP contribution in [0.5, 0.6) is 0 Å². The number of Topliss-reactive ketones (excluding diaryl/α,β-unsaturated/α-hetero) is 1. The molecular weight excluding hydrogens is 382 g/mol. The van der Waals surface area contributed by atoms with Gasteiger partial charge in [0.05, 0.1) is 6.42 Å². The molecule has 1 N–H and O–H groups in total. The zero-order valence-corrected chi connectivity index (χ0v) is 15.1. The lowest BCUT2D eigenvalue weighted by Gasteiger charge is -2.23. The maximum absolute atomic E-state index is 12.9. The lowest BCUT2D eigenvalue weighted by Crippen LogP contribution is -2.34. The fourth-order valence-electron chi connectivity index (χ4n) is 2.58. The van der Waals surface area contributed by atoms with Gasteiger partial charge in [0.2, 0.25) is 0 Å². The van der Waals surface area contributed by atoms with E-state index >= 15 is 0 Å². The summed E-state index contributed by atoms with van der Waals surface area (Å²) in [6, 6.07) is 6.81. The van der Waals surface area contributed by atoms with Gasteiger partial charge in [-0.2, -0.15) is 0 Å². The molecule has 1 unspecified atom stereocenters. The summed E-state index contributed by atoms with van der Waals surface area (Å²) in [6.45, 7) is 2.23. The van der Waals surface area contributed by atoms with Crippen molar-refractivity contribution in [1.29, 1.82) is 0 Å². The van der Waals surface area contributed by atoms with Crippen molar-refractivity contribution in [3.05, 3.63) is 45.4 Å². The molecule has 1 atom stereocenters. The molecule has 1 aliphatic rings. The highest BCUT2D eigenvalue weighted by molar-refractivity contribution is 9.10. The van der Waals surface area contributed by atoms with Crippen LogP contribution in [0, 0.1) is 0 Å². The summed E-state index contributed by atoms with van der Waals surface area (Å²) in [4.78, 5) is 38.0. The molecule has 7 heteroatoms. The Morgan fingerprint density at radius 2 is 1.91 bits per heavy atom. The molecule has 5 nitrogen and oxygen atoms in total. The standard InChI is InChI=1S/C16H16BrNO4S/c1-3-18-15(22)11(8-12(19)20)13(16(18)23-2)14(21)9-4-6-10(17)7-5-9/h4-7,16H,3,8H2,1-2H3,(H,19,20). The summed E-state index contributed by atoms with van der Waals surface area (Å²) in [5, 5.41) is 8.64. The molecule has 1 aromatic rings. The first-order chi connectivity index (χ1) is 10.9. The van der Waals surface area contributed by atoms with Gasteiger partial charge in [0.1, 0.15) is 5.37 Å². The molecule has 1 aromatic carbocycles. The zero-order chi connectivity index (χ0) is 17.1. The molecule has 122 valence electrons. The predicted molar refractivity (Wildman–Crippen MR) is 92.4 cm³/mol. The summed E-state index contributed by atoms with van der Waals surface area (Å²) in [7, 11) is 0. The van der Waals surface area contributed by atoms with Gasteiger partial charge in [-0.3, -0.25) is 14.4 Å². The Morgan fingerprint density at radius 3 is 2.39 bits per heavy atom. The van der Waals surface area contributed by atoms with Crippen LogP contribution >= 0.6 is 27.7 Å². The molecule has 0 aromatic heterocycles. The van der Waals surface area contributed by atoms with E-state index in [0.29, 0.717) is 12.1 Å². The van der Waals surface area contributed by atoms with Gasteiger partial charge < -0.3 is 10.0 Å². The minimum absolute atomic E-state index is 0.0895. The van der Waals surface area contributed by atoms with Crippen molar-refractivity contribution in [3.63, 3.8) is 0 Å². The molecule has 1 amide bonds. The lowest BCUT2D eigenvalue weighted by atomic mass is 9.98. The topological polar surface area (TPSA) is 74.7 Å². The van der Waals surface area contributed by atoms with Crippen molar-refractivity contribution in [1.82, 2.24) is 4.90 Å². The second kappa shape index (κ2) is 7.31. The van der Waals surface area contributed by atoms with E-state index < -0.39 is 17.8 Å². The first-order valence-electron chi connectivity index (χ1n) is 6.99. The maximum atomic E-state index is 12.9. The predicted octanol–water partition coefficient (Wildman–Crippen LogP) is 2.95. The van der Waals surface area contributed by atoms with Crippen LogP contribution in [0.15, 0.2) is 39.9 Å². The minimum Gasteiger partial charge on any atom is -0.481 e. The Hall–Kier alpha value is -1.60. The number of rotatable bonds is 6. The average Bonchev–Trinajstić information content (AvgIpc) is 2.78. The van der Waals surface area contributed by atoms with Gasteiger partial charge in [-0.05, 0) is 37.4 Å². The third-order valence-corrected chi connectivity index (χ3v) is 5.08. The number of likely N-dealkylation sites (N-methyl/N-ethyl adjacent to an activating group) is 1. The molecule has 0 saturated carbocycles. The largest absolute Gasteiger partial charge is 0.481 e. The van der Waals surface area contributed by atoms with Gasteiger partial charge in [-0.25, -0.2) is 0 Å². The molecule has 23 heavy (non-hydrogen) atoms. The molecule has 1 aliphatic heterocycles. The van der Waals surface area contributed by atoms with Crippen molar-refractivity contribution < 1.29 is 19.5 Å². The van der Waals surface area contributed by atoms with Crippen LogP contribution in [-0.4, -0.2) is 45.8 Å². The van der Waals surface area contributed by atoms with E-state index in [1.807, 2.05) is 6.92 Å². The first-order valence-corrected chi connectivity index (χ1v) is 9.07. The molecule has 1 heterocycles. The fraction of sp³-hybridized carbons (Fsp3) is 0.312. The van der Waals surface area contributed by atoms with Crippen LogP contribution in [0.3, 0.4) is 0 Å². The van der Waals surface area contributed by atoms with Crippen LogP contribution < -0.4 is 0 Å². The van der Waals surface area contributed by atoms with Gasteiger partial charge >= 0.3 is 5.97 Å². The van der Waals surface area contributed by atoms with Gasteiger partial charge in [-0.1, -0.05) is 15.9 Å². The van der Waals surface area contributed by atoms with Crippen LogP contribution in [0.1, 0.15) is 23.7 Å². The monoisotopic (exact) mass is 397 g/mol. The number of carboxylic acids is 1.